The van der Waals surface area contributed by atoms with E-state index in [-0.39, 0.29) is 5.92 Å². The number of hydrogen-bond donors (Lipinski definition) is 1. The largest absolute Gasteiger partial charge is 0.478 e. The highest BCUT2D eigenvalue weighted by Gasteiger charge is 2.30. The molecule has 5 nitrogen and oxygen atoms in total. The first-order chi connectivity index (χ1) is 11.1. The molecule has 0 aromatic heterocycles. The minimum Gasteiger partial charge on any atom is -0.478 e. The molecular formula is C18H24N2O3. The lowest BCUT2D eigenvalue weighted by molar-refractivity contribution is -0.136. The van der Waals surface area contributed by atoms with Gasteiger partial charge < -0.3 is 10.0 Å². The third kappa shape index (κ3) is 3.72. The van der Waals surface area contributed by atoms with E-state index in [1.165, 1.54) is 0 Å². The molecule has 0 radical (unpaired) electrons. The smallest absolute Gasteiger partial charge is 0.336 e. The van der Waals surface area contributed by atoms with Crippen molar-refractivity contribution in [1.29, 1.82) is 0 Å². The molecule has 2 aliphatic rings. The van der Waals surface area contributed by atoms with Crippen molar-refractivity contribution in [1.82, 2.24) is 9.80 Å². The molecule has 124 valence electrons. The number of carboxylic acids is 1. The van der Waals surface area contributed by atoms with Gasteiger partial charge in [-0.25, -0.2) is 4.79 Å². The van der Waals surface area contributed by atoms with E-state index in [0.717, 1.165) is 57.4 Å². The maximum atomic E-state index is 12.6. The molecule has 1 amide bonds. The van der Waals surface area contributed by atoms with Gasteiger partial charge in [0, 0.05) is 26.2 Å². The molecule has 2 aliphatic heterocycles. The van der Waals surface area contributed by atoms with Gasteiger partial charge in [-0.05, 0) is 43.9 Å². The van der Waals surface area contributed by atoms with Gasteiger partial charge in [-0.15, -0.1) is 0 Å². The number of hydrogen-bond acceptors (Lipinski definition) is 3. The van der Waals surface area contributed by atoms with E-state index in [0.29, 0.717) is 18.0 Å². The molecule has 0 saturated carbocycles. The molecule has 0 bridgehead atoms. The zero-order chi connectivity index (χ0) is 16.2. The molecule has 2 saturated heterocycles. The van der Waals surface area contributed by atoms with Crippen molar-refractivity contribution >= 4 is 11.9 Å². The summed E-state index contributed by atoms with van der Waals surface area (Å²) in [6, 6.07) is 7.14. The zero-order valence-corrected chi connectivity index (χ0v) is 13.4. The van der Waals surface area contributed by atoms with Crippen molar-refractivity contribution in [3.63, 3.8) is 0 Å². The first kappa shape index (κ1) is 16.0. The monoisotopic (exact) mass is 316 g/mol. The van der Waals surface area contributed by atoms with Gasteiger partial charge in [0.25, 0.3) is 0 Å². The van der Waals surface area contributed by atoms with Crippen LogP contribution >= 0.6 is 0 Å². The average molecular weight is 316 g/mol. The topological polar surface area (TPSA) is 60.9 Å². The van der Waals surface area contributed by atoms with Crippen molar-refractivity contribution < 1.29 is 14.7 Å². The first-order valence-corrected chi connectivity index (χ1v) is 8.47. The Morgan fingerprint density at radius 2 is 1.83 bits per heavy atom. The predicted molar refractivity (Wildman–Crippen MR) is 87.2 cm³/mol. The van der Waals surface area contributed by atoms with Crippen molar-refractivity contribution in [2.45, 2.75) is 32.2 Å². The van der Waals surface area contributed by atoms with Gasteiger partial charge in [0.15, 0.2) is 0 Å². The van der Waals surface area contributed by atoms with Crippen LogP contribution < -0.4 is 0 Å². The van der Waals surface area contributed by atoms with Crippen LogP contribution in [0.2, 0.25) is 0 Å². The highest BCUT2D eigenvalue weighted by molar-refractivity contribution is 5.89. The second-order valence-corrected chi connectivity index (χ2v) is 6.57. The van der Waals surface area contributed by atoms with Crippen LogP contribution in [0.4, 0.5) is 0 Å². The Labute approximate surface area is 136 Å². The van der Waals surface area contributed by atoms with Crippen molar-refractivity contribution in [2.24, 2.45) is 5.92 Å². The van der Waals surface area contributed by atoms with Crippen molar-refractivity contribution in [2.75, 3.05) is 26.2 Å². The molecule has 1 N–H and O–H groups in total. The Bertz CT molecular complexity index is 581. The summed E-state index contributed by atoms with van der Waals surface area (Å²) in [5.41, 5.74) is 1.19. The van der Waals surface area contributed by atoms with Gasteiger partial charge >= 0.3 is 5.97 Å². The minimum absolute atomic E-state index is 0.0684. The van der Waals surface area contributed by atoms with Crippen LogP contribution in [0.3, 0.4) is 0 Å². The Kier molecular flexibility index (Phi) is 4.96. The van der Waals surface area contributed by atoms with E-state index in [1.807, 2.05) is 17.0 Å². The lowest BCUT2D eigenvalue weighted by atomic mass is 9.95. The normalized spacial score (nSPS) is 22.3. The number of piperidine rings is 1. The summed E-state index contributed by atoms with van der Waals surface area (Å²) in [6.07, 6.45) is 4.19. The van der Waals surface area contributed by atoms with E-state index in [9.17, 15) is 14.7 Å². The summed E-state index contributed by atoms with van der Waals surface area (Å²) < 4.78 is 0. The number of carboxylic acid groups (broad SMARTS) is 1. The molecule has 5 heteroatoms. The van der Waals surface area contributed by atoms with Gasteiger partial charge in [-0.2, -0.15) is 0 Å². The summed E-state index contributed by atoms with van der Waals surface area (Å²) in [5.74, 6) is -0.528. The Hall–Kier alpha value is -1.88. The Balaban J connectivity index is 1.65. The molecule has 1 atom stereocenters. The molecular weight excluding hydrogens is 292 g/mol. The fraction of sp³-hybridized carbons (Fsp3) is 0.556. The Morgan fingerprint density at radius 3 is 2.57 bits per heavy atom. The number of likely N-dealkylation sites (tertiary alicyclic amines) is 2. The van der Waals surface area contributed by atoms with Crippen LogP contribution in [0.15, 0.2) is 24.3 Å². The average Bonchev–Trinajstić information content (AvgIpc) is 3.09. The zero-order valence-electron chi connectivity index (χ0n) is 13.4. The fourth-order valence-electron chi connectivity index (χ4n) is 3.70. The van der Waals surface area contributed by atoms with Gasteiger partial charge in [0.05, 0.1) is 11.5 Å². The number of amides is 1. The number of carbonyl (C=O) groups is 2. The number of nitrogens with zero attached hydrogens (tertiary/aromatic N) is 2. The molecule has 23 heavy (non-hydrogen) atoms. The van der Waals surface area contributed by atoms with E-state index < -0.39 is 5.97 Å². The van der Waals surface area contributed by atoms with E-state index in [4.69, 9.17) is 0 Å². The van der Waals surface area contributed by atoms with Crippen molar-refractivity contribution in [3.8, 4) is 0 Å². The second kappa shape index (κ2) is 7.13. The minimum atomic E-state index is -0.887. The highest BCUT2D eigenvalue weighted by Crippen LogP contribution is 2.23. The molecule has 3 rings (SSSR count). The van der Waals surface area contributed by atoms with Crippen LogP contribution in [-0.4, -0.2) is 53.0 Å². The van der Waals surface area contributed by atoms with Gasteiger partial charge in [0.2, 0.25) is 5.91 Å². The SMILES string of the molecule is O=C(O)c1ccccc1CN1CCCC(C(=O)N2CCCC2)C1. The molecule has 1 unspecified atom stereocenters. The molecule has 2 fully saturated rings. The highest BCUT2D eigenvalue weighted by atomic mass is 16.4. The third-order valence-corrected chi connectivity index (χ3v) is 4.91. The van der Waals surface area contributed by atoms with Crippen LogP contribution in [0.5, 0.6) is 0 Å². The van der Waals surface area contributed by atoms with Gasteiger partial charge in [0.1, 0.15) is 0 Å². The van der Waals surface area contributed by atoms with Gasteiger partial charge in [-0.1, -0.05) is 18.2 Å². The van der Waals surface area contributed by atoms with E-state index in [2.05, 4.69) is 4.90 Å². The van der Waals surface area contributed by atoms with Crippen LogP contribution in [0.1, 0.15) is 41.6 Å². The lowest BCUT2D eigenvalue weighted by Crippen LogP contribution is -2.43. The number of aromatic carboxylic acids is 1. The second-order valence-electron chi connectivity index (χ2n) is 6.57. The number of benzene rings is 1. The quantitative estimate of drug-likeness (QED) is 0.925. The lowest BCUT2D eigenvalue weighted by Gasteiger charge is -2.34. The number of carbonyl (C=O) groups excluding carboxylic acids is 1. The molecule has 0 aliphatic carbocycles. The summed E-state index contributed by atoms with van der Waals surface area (Å²) in [4.78, 5) is 28.1. The summed E-state index contributed by atoms with van der Waals surface area (Å²) in [7, 11) is 0. The number of rotatable bonds is 4. The summed E-state index contributed by atoms with van der Waals surface area (Å²) in [6.45, 7) is 4.07. The third-order valence-electron chi connectivity index (χ3n) is 4.91. The summed E-state index contributed by atoms with van der Waals surface area (Å²) in [5, 5.41) is 9.30. The van der Waals surface area contributed by atoms with E-state index >= 15 is 0 Å². The van der Waals surface area contributed by atoms with E-state index in [1.54, 1.807) is 12.1 Å². The molecule has 1 aromatic rings. The van der Waals surface area contributed by atoms with Crippen molar-refractivity contribution in [3.05, 3.63) is 35.4 Å². The maximum Gasteiger partial charge on any atom is 0.336 e. The molecule has 0 spiro atoms. The Morgan fingerprint density at radius 1 is 1.09 bits per heavy atom. The van der Waals surface area contributed by atoms with Crippen LogP contribution in [0.25, 0.3) is 0 Å². The maximum absolute atomic E-state index is 12.6. The molecule has 2 heterocycles. The van der Waals surface area contributed by atoms with Crippen LogP contribution in [0, 0.1) is 5.92 Å². The fourth-order valence-corrected chi connectivity index (χ4v) is 3.70. The predicted octanol–water partition coefficient (Wildman–Crippen LogP) is 2.22. The standard InChI is InChI=1S/C18H24N2O3/c21-17(20-10-3-4-11-20)15-7-5-9-19(13-15)12-14-6-1-2-8-16(14)18(22)23/h1-2,6,8,15H,3-5,7,9-13H2,(H,22,23). The molecule has 1 aromatic carbocycles. The summed E-state index contributed by atoms with van der Waals surface area (Å²) >= 11 is 0. The first-order valence-electron chi connectivity index (χ1n) is 8.47. The van der Waals surface area contributed by atoms with Crippen LogP contribution in [-0.2, 0) is 11.3 Å². The van der Waals surface area contributed by atoms with Gasteiger partial charge in [-0.3, -0.25) is 9.69 Å².